The monoisotopic (exact) mass is 1670 g/mol. The zero-order chi connectivity index (χ0) is 86.1. The third-order valence-corrected chi connectivity index (χ3v) is 35.2. The van der Waals surface area contributed by atoms with Crippen molar-refractivity contribution in [2.75, 3.05) is 41.3 Å². The van der Waals surface area contributed by atoms with Crippen LogP contribution in [0.2, 0.25) is 10.0 Å². The van der Waals surface area contributed by atoms with Gasteiger partial charge in [0.1, 0.15) is 24.4 Å². The number of aliphatic carboxylic acids is 2. The Morgan fingerprint density at radius 3 is 1.35 bits per heavy atom. The fraction of sp³-hybridized carbons (Fsp3) is 0.761. The Morgan fingerprint density at radius 1 is 0.525 bits per heavy atom. The molecule has 10 aliphatic carbocycles. The molecule has 8 fully saturated rings. The maximum Gasteiger partial charge on any atom is 0.310 e. The summed E-state index contributed by atoms with van der Waals surface area (Å²) >= 11 is 13.3. The van der Waals surface area contributed by atoms with E-state index in [2.05, 4.69) is 117 Å². The molecule has 19 atom stereocenters. The van der Waals surface area contributed by atoms with Crippen LogP contribution in [-0.4, -0.2) is 169 Å². The number of ether oxygens (including phenoxy) is 2. The molecule has 24 nitrogen and oxygen atoms in total. The van der Waals surface area contributed by atoms with Crippen molar-refractivity contribution >= 4 is 58.6 Å². The number of aliphatic hydroxyl groups excluding tert-OH is 2. The second kappa shape index (κ2) is 30.5. The Balaban J connectivity index is 0.684. The second-order valence-electron chi connectivity index (χ2n) is 43.2. The summed E-state index contributed by atoms with van der Waals surface area (Å²) in [7, 11) is 7.90. The summed E-state index contributed by atoms with van der Waals surface area (Å²) in [5.41, 5.74) is -2.77. The van der Waals surface area contributed by atoms with Crippen LogP contribution in [0.5, 0.6) is 0 Å². The molecule has 0 saturated heterocycles. The van der Waals surface area contributed by atoms with Gasteiger partial charge < -0.3 is 48.8 Å². The summed E-state index contributed by atoms with van der Waals surface area (Å²) in [5.74, 6) is -0.561. The largest absolute Gasteiger partial charge is 0.481 e. The summed E-state index contributed by atoms with van der Waals surface area (Å²) in [4.78, 5) is 107. The van der Waals surface area contributed by atoms with E-state index in [9.17, 15) is 44.4 Å². The van der Waals surface area contributed by atoms with Crippen molar-refractivity contribution in [1.82, 2.24) is 59.3 Å². The van der Waals surface area contributed by atoms with Gasteiger partial charge >= 0.3 is 23.9 Å². The quantitative estimate of drug-likeness (QED) is 0.0474. The number of carbonyl (C=O) groups is 6. The van der Waals surface area contributed by atoms with E-state index in [1.807, 2.05) is 42.2 Å². The Labute approximate surface area is 707 Å². The predicted octanol–water partition coefficient (Wildman–Crippen LogP) is 16.3. The molecule has 0 radical (unpaired) electrons. The van der Waals surface area contributed by atoms with E-state index in [4.69, 9.17) is 57.9 Å². The number of carboxylic acids is 2. The minimum absolute atomic E-state index is 0.0167. The first-order valence-electron chi connectivity index (χ1n) is 43.9. The summed E-state index contributed by atoms with van der Waals surface area (Å²) in [6.45, 7) is 38.8. The molecule has 646 valence electrons. The van der Waals surface area contributed by atoms with Crippen LogP contribution in [0.1, 0.15) is 276 Å². The third kappa shape index (κ3) is 13.6. The lowest BCUT2D eigenvalue weighted by molar-refractivity contribution is -0.235. The number of Topliss-reactive ketones (excluding diaryl/α,β-unsaturated/α-hetero) is 2. The number of allylic oxidation sites excluding steroid dienone is 2. The van der Waals surface area contributed by atoms with E-state index >= 15 is 4.79 Å². The fourth-order valence-electron chi connectivity index (χ4n) is 28.1. The smallest absolute Gasteiger partial charge is 0.310 e. The lowest BCUT2D eigenvalue weighted by Crippen LogP contribution is -2.66. The molecule has 4 aromatic heterocycles. The van der Waals surface area contributed by atoms with Crippen LogP contribution in [0.25, 0.3) is 23.3 Å². The average Bonchev–Trinajstić information content (AvgIpc) is 1.33. The first-order chi connectivity index (χ1) is 55.0. The zero-order valence-electron chi connectivity index (χ0n) is 74.0. The molecular weight excluding hydrogens is 1540 g/mol. The summed E-state index contributed by atoms with van der Waals surface area (Å²) < 4.78 is 16.7. The number of hydrogen-bond donors (Lipinski definition) is 4. The topological polar surface area (TPSA) is 321 Å². The van der Waals surface area contributed by atoms with Gasteiger partial charge in [0, 0.05) is 85.7 Å². The van der Waals surface area contributed by atoms with Crippen LogP contribution in [0.3, 0.4) is 0 Å². The van der Waals surface area contributed by atoms with Gasteiger partial charge in [-0.1, -0.05) is 120 Å². The highest BCUT2D eigenvalue weighted by molar-refractivity contribution is 6.31. The number of hydrogen-bond acceptors (Lipinski definition) is 20. The number of rotatable bonds is 24. The van der Waals surface area contributed by atoms with Gasteiger partial charge in [-0.15, -0.1) is 20.4 Å². The highest BCUT2D eigenvalue weighted by Crippen LogP contribution is 2.80. The van der Waals surface area contributed by atoms with Crippen LogP contribution in [0.4, 0.5) is 0 Å². The van der Waals surface area contributed by atoms with Gasteiger partial charge in [0.15, 0.2) is 34.9 Å². The van der Waals surface area contributed by atoms with Crippen LogP contribution in [0, 0.1) is 112 Å². The summed E-state index contributed by atoms with van der Waals surface area (Å²) in [6, 6.07) is 0. The second-order valence-corrected chi connectivity index (χ2v) is 44.0. The number of aliphatic hydroxyl groups is 2. The Morgan fingerprint density at radius 2 is 0.941 bits per heavy atom. The minimum atomic E-state index is -1.74. The molecule has 4 heterocycles. The summed E-state index contributed by atoms with van der Waals surface area (Å²) in [5, 5.41) is 67.5. The number of carbonyl (C=O) groups excluding carboxylic acids is 4. The van der Waals surface area contributed by atoms with Gasteiger partial charge in [-0.2, -0.15) is 0 Å². The number of aromatic nitrogens is 10. The van der Waals surface area contributed by atoms with Gasteiger partial charge in [-0.3, -0.25) is 28.8 Å². The van der Waals surface area contributed by atoms with Crippen molar-refractivity contribution in [1.29, 1.82) is 0 Å². The van der Waals surface area contributed by atoms with Crippen molar-refractivity contribution in [2.45, 2.75) is 290 Å². The molecule has 4 N–H and O–H groups in total. The standard InChI is InChI=1S/C92H132Cl2N12O12/c1-50(2)67-57(107)43-91(71(111)75-99-101-77(105(75)40-38-103(18)19)73-95-47-52(93)48-96-73)36-34-87(14)53(69(67)91)22-25-62-86(13)31-29-64(83(9,10)60(86)27-33-90(62,87)17)118-66(110)46-84(11,80(115)116)42-56-55(94)49-97-74(98-56)78-102-100-76(106(78)41-39-104(20)21)72(112)92-37-35-88(15)54(70(92)68(51(3)4)58(108)44-92)23-24-61-85(12)30-28-63(117-65(109)45-81(5,6)79(113)114)82(7,8)59(85)26-32-89(61,88)16/h47-51,53-54,59-64,71-72,111-112H,22-46H2,1-21H3,(H,113,114)(H,115,116)/t53-,54-,59+,60+,61-,62-,63+,64+,71?,72+,84?,85+,86+,87-,88-,89-,90-,91-,92-/m1/s1. The molecular formula is C92H132Cl2N12O12. The number of carboxylic acid groups (broad SMARTS) is 2. The van der Waals surface area contributed by atoms with Gasteiger partial charge in [-0.25, -0.2) is 19.9 Å². The highest BCUT2D eigenvalue weighted by Gasteiger charge is 2.74. The number of fused-ring (bicyclic) bond motifs is 14. The number of esters is 2. The first-order valence-corrected chi connectivity index (χ1v) is 44.7. The van der Waals surface area contributed by atoms with E-state index in [0.29, 0.717) is 86.2 Å². The van der Waals surface area contributed by atoms with Gasteiger partial charge in [0.05, 0.1) is 39.4 Å². The van der Waals surface area contributed by atoms with Crippen molar-refractivity contribution in [3.63, 3.8) is 0 Å². The van der Waals surface area contributed by atoms with E-state index in [-0.39, 0.29) is 145 Å². The molecule has 8 saturated carbocycles. The molecule has 14 rings (SSSR count). The first kappa shape index (κ1) is 87.9. The molecule has 0 bridgehead atoms. The number of likely N-dealkylation sites (N-methyl/N-ethyl adjacent to an activating group) is 2. The molecule has 0 spiro atoms. The molecule has 0 amide bonds. The van der Waals surface area contributed by atoms with Crippen molar-refractivity contribution in [3.8, 4) is 23.3 Å². The SMILES string of the molecule is CC(C)C1=C2[C@H]3CC[C@@H]4[C@@]5(C)CC[C@H](OC(=O)CC(C)(Cc6nc(-c7nnc([C@H](O)[C@@]89CC[C@]%10(C)[C@H](CC[C@@H]%11[C@@]%12(C)CC[C@H](OC(=O)CC(C)(C)C(=O)O)C(C)(C)[C@@H]%12CC[C@]%11%10C)C8=C(C(C)C)C(=O)C9)n7CCN(C)C)ncc6Cl)C(=O)O)C(C)(C)[C@@H]5CC[C@@]4(C)[C@]3(C)CC[C@@]2(C(O)c2nnc(-c3ncc(Cl)cn3)n2CCN(C)C)CC1=O. The molecule has 0 aromatic carbocycles. The van der Waals surface area contributed by atoms with Crippen molar-refractivity contribution < 1.29 is 58.7 Å². The number of ketones is 2. The molecule has 4 aromatic rings. The molecule has 26 heteroatoms. The molecule has 0 aliphatic heterocycles. The van der Waals surface area contributed by atoms with Crippen LogP contribution >= 0.6 is 23.2 Å². The lowest BCUT2D eigenvalue weighted by atomic mass is 9.33. The van der Waals surface area contributed by atoms with Crippen LogP contribution in [-0.2, 0) is 57.8 Å². The van der Waals surface area contributed by atoms with E-state index in [1.54, 1.807) is 13.8 Å². The fourth-order valence-corrected chi connectivity index (χ4v) is 28.3. The van der Waals surface area contributed by atoms with Crippen LogP contribution in [0.15, 0.2) is 40.9 Å². The molecule has 10 aliphatic rings. The average molecular weight is 1670 g/mol. The van der Waals surface area contributed by atoms with Gasteiger partial charge in [-0.05, 0) is 254 Å². The number of halogens is 2. The predicted molar refractivity (Wildman–Crippen MR) is 448 cm³/mol. The lowest BCUT2D eigenvalue weighted by Gasteiger charge is -2.72. The van der Waals surface area contributed by atoms with Crippen molar-refractivity contribution in [2.24, 2.45) is 112 Å². The van der Waals surface area contributed by atoms with E-state index in [0.717, 1.165) is 99.3 Å². The Hall–Kier alpha value is -6.44. The Bertz CT molecular complexity index is 4720. The van der Waals surface area contributed by atoms with Gasteiger partial charge in [0.2, 0.25) is 11.6 Å². The normalized spacial score (nSPS) is 35.2. The maximum atomic E-state index is 15.1. The molecule has 2 unspecified atom stereocenters. The third-order valence-electron chi connectivity index (χ3n) is 34.6. The van der Waals surface area contributed by atoms with Gasteiger partial charge in [0.25, 0.3) is 0 Å². The number of nitrogens with zero attached hydrogens (tertiary/aromatic N) is 12. The zero-order valence-corrected chi connectivity index (χ0v) is 75.5. The highest BCUT2D eigenvalue weighted by atomic mass is 35.5. The van der Waals surface area contributed by atoms with Crippen molar-refractivity contribution in [3.05, 3.63) is 68.3 Å². The van der Waals surface area contributed by atoms with Crippen LogP contribution < -0.4 is 0 Å². The molecule has 118 heavy (non-hydrogen) atoms. The maximum absolute atomic E-state index is 15.1. The van der Waals surface area contributed by atoms with E-state index in [1.165, 1.54) is 25.5 Å². The van der Waals surface area contributed by atoms with E-state index < -0.39 is 75.7 Å². The summed E-state index contributed by atoms with van der Waals surface area (Å²) in [6.07, 6.45) is 13.5. The minimum Gasteiger partial charge on any atom is -0.481 e. The Kier molecular flexibility index (Phi) is 22.7.